The second kappa shape index (κ2) is 9.87. The van der Waals surface area contributed by atoms with Gasteiger partial charge in [0, 0.05) is 18.7 Å². The minimum atomic E-state index is -0.892. The third kappa shape index (κ3) is 4.78. The van der Waals surface area contributed by atoms with Crippen molar-refractivity contribution in [2.75, 3.05) is 6.54 Å². The van der Waals surface area contributed by atoms with Gasteiger partial charge >= 0.3 is 5.69 Å². The van der Waals surface area contributed by atoms with Crippen molar-refractivity contribution in [1.29, 1.82) is 0 Å². The number of ether oxygens (including phenoxy) is 1. The van der Waals surface area contributed by atoms with Gasteiger partial charge in [-0.05, 0) is 47.9 Å². The fraction of sp³-hybridized carbons (Fsp3) is 0.160. The first-order valence-electron chi connectivity index (χ1n) is 10.9. The number of nitrogens with one attached hydrogen (secondary N) is 1. The highest BCUT2D eigenvalue weighted by Crippen LogP contribution is 2.39. The quantitative estimate of drug-likeness (QED) is 0.402. The van der Waals surface area contributed by atoms with E-state index in [-0.39, 0.29) is 33.8 Å². The van der Waals surface area contributed by atoms with Gasteiger partial charge in [-0.2, -0.15) is 9.78 Å². The maximum absolute atomic E-state index is 14.1. The van der Waals surface area contributed by atoms with Crippen LogP contribution < -0.4 is 16.0 Å². The van der Waals surface area contributed by atoms with Gasteiger partial charge in [0.05, 0.1) is 15.7 Å². The number of aliphatic hydroxyl groups is 1. The molecule has 8 nitrogen and oxygen atoms in total. The van der Waals surface area contributed by atoms with Crippen LogP contribution in [0.3, 0.4) is 0 Å². The van der Waals surface area contributed by atoms with Gasteiger partial charge < -0.3 is 9.84 Å². The predicted octanol–water partition coefficient (Wildman–Crippen LogP) is 4.21. The first kappa shape index (κ1) is 24.2. The molecule has 1 aliphatic rings. The number of nitrogens with zero attached hydrogens (tertiary/aromatic N) is 3. The summed E-state index contributed by atoms with van der Waals surface area (Å²) in [7, 11) is 0. The van der Waals surface area contributed by atoms with Crippen LogP contribution in [0.15, 0.2) is 70.4 Å². The first-order valence-corrected chi connectivity index (χ1v) is 11.7. The van der Waals surface area contributed by atoms with Crippen LogP contribution in [-0.4, -0.2) is 31.3 Å². The van der Waals surface area contributed by atoms with Crippen LogP contribution >= 0.6 is 23.2 Å². The predicted molar refractivity (Wildman–Crippen MR) is 132 cm³/mol. The highest BCUT2D eigenvalue weighted by atomic mass is 35.5. The summed E-state index contributed by atoms with van der Waals surface area (Å²) in [6.07, 6.45) is 0.697. The molecule has 0 fully saturated rings. The lowest BCUT2D eigenvalue weighted by molar-refractivity contribution is -0.0128. The molecule has 1 unspecified atom stereocenters. The number of hydrogen-bond donors (Lipinski definition) is 2. The molecule has 4 aromatic rings. The van der Waals surface area contributed by atoms with Gasteiger partial charge in [0.15, 0.2) is 5.75 Å². The van der Waals surface area contributed by atoms with Crippen molar-refractivity contribution in [3.8, 4) is 17.2 Å². The molecule has 1 aromatic heterocycles. The maximum Gasteiger partial charge on any atom is 0.349 e. The zero-order valence-electron chi connectivity index (χ0n) is 18.6. The van der Waals surface area contributed by atoms with Crippen molar-refractivity contribution < 1.29 is 14.2 Å². The molecule has 0 amide bonds. The molecule has 0 saturated carbocycles. The summed E-state index contributed by atoms with van der Waals surface area (Å²) >= 11 is 12.8. The average Bonchev–Trinajstić information content (AvgIpc) is 2.84. The van der Waals surface area contributed by atoms with Crippen LogP contribution in [0.1, 0.15) is 22.9 Å². The molecule has 184 valence electrons. The largest absolute Gasteiger partial charge is 0.454 e. The Morgan fingerprint density at radius 3 is 2.58 bits per heavy atom. The minimum absolute atomic E-state index is 0.131. The second-order valence-electron chi connectivity index (χ2n) is 8.24. The number of H-pyrrole nitrogens is 1. The van der Waals surface area contributed by atoms with Crippen LogP contribution in [0, 0.1) is 5.82 Å². The van der Waals surface area contributed by atoms with Gasteiger partial charge in [-0.15, -0.1) is 0 Å². The van der Waals surface area contributed by atoms with E-state index in [2.05, 4.69) is 10.1 Å². The summed E-state index contributed by atoms with van der Waals surface area (Å²) in [5, 5.41) is 14.9. The van der Waals surface area contributed by atoms with E-state index in [1.165, 1.54) is 18.2 Å². The summed E-state index contributed by atoms with van der Waals surface area (Å²) in [6.45, 7) is 0.819. The standard InChI is InChI=1S/C25H19Cl2FN4O4/c26-19-10-16(32-25(35)30-22(33)12-29-32)11-20(27)23(19)36-17-5-6-18-14(9-17)7-8-31(24(18)34)13-15-3-1-2-4-21(15)28/h1-6,9-12,24,34H,7-8,13H2,(H,30,33,35). The average molecular weight is 529 g/mol. The molecule has 0 radical (unpaired) electrons. The van der Waals surface area contributed by atoms with Crippen LogP contribution in [0.5, 0.6) is 11.5 Å². The first-order chi connectivity index (χ1) is 17.3. The smallest absolute Gasteiger partial charge is 0.349 e. The lowest BCUT2D eigenvalue weighted by atomic mass is 9.97. The maximum atomic E-state index is 14.1. The molecule has 1 atom stereocenters. The van der Waals surface area contributed by atoms with Crippen molar-refractivity contribution in [3.63, 3.8) is 0 Å². The van der Waals surface area contributed by atoms with Crippen molar-refractivity contribution >= 4 is 23.2 Å². The minimum Gasteiger partial charge on any atom is -0.454 e. The van der Waals surface area contributed by atoms with Gasteiger partial charge in [0.25, 0.3) is 5.56 Å². The number of benzene rings is 3. The van der Waals surface area contributed by atoms with E-state index < -0.39 is 17.5 Å². The van der Waals surface area contributed by atoms with Crippen molar-refractivity contribution in [2.45, 2.75) is 19.2 Å². The van der Waals surface area contributed by atoms with E-state index in [4.69, 9.17) is 27.9 Å². The van der Waals surface area contributed by atoms with Crippen molar-refractivity contribution in [2.24, 2.45) is 0 Å². The summed E-state index contributed by atoms with van der Waals surface area (Å²) in [4.78, 5) is 27.2. The van der Waals surface area contributed by atoms with Crippen molar-refractivity contribution in [1.82, 2.24) is 19.7 Å². The molecular formula is C25H19Cl2FN4O4. The number of aromatic amines is 1. The molecule has 5 rings (SSSR count). The molecule has 3 aromatic carbocycles. The fourth-order valence-corrected chi connectivity index (χ4v) is 4.68. The highest BCUT2D eigenvalue weighted by molar-refractivity contribution is 6.37. The number of aliphatic hydroxyl groups excluding tert-OH is 1. The third-order valence-electron chi connectivity index (χ3n) is 5.90. The Morgan fingerprint density at radius 2 is 1.86 bits per heavy atom. The van der Waals surface area contributed by atoms with E-state index in [0.29, 0.717) is 29.8 Å². The van der Waals surface area contributed by atoms with Crippen LogP contribution in [0.2, 0.25) is 10.0 Å². The number of hydrogen-bond acceptors (Lipinski definition) is 6. The number of halogens is 3. The van der Waals surface area contributed by atoms with E-state index in [1.54, 1.807) is 41.3 Å². The third-order valence-corrected chi connectivity index (χ3v) is 6.46. The van der Waals surface area contributed by atoms with Gasteiger partial charge in [0.2, 0.25) is 0 Å². The second-order valence-corrected chi connectivity index (χ2v) is 9.05. The van der Waals surface area contributed by atoms with E-state index in [9.17, 15) is 19.1 Å². The Morgan fingerprint density at radius 1 is 1.11 bits per heavy atom. The summed E-state index contributed by atoms with van der Waals surface area (Å²) in [5.41, 5.74) is 1.01. The zero-order chi connectivity index (χ0) is 25.4. The topological polar surface area (TPSA) is 100 Å². The van der Waals surface area contributed by atoms with E-state index in [0.717, 1.165) is 16.4 Å². The summed E-state index contributed by atoms with van der Waals surface area (Å²) < 4.78 is 21.0. The van der Waals surface area contributed by atoms with Gasteiger partial charge in [-0.25, -0.2) is 9.18 Å². The van der Waals surface area contributed by atoms with E-state index in [1.807, 2.05) is 0 Å². The molecule has 2 heterocycles. The molecule has 1 aliphatic heterocycles. The Bertz CT molecular complexity index is 1550. The molecule has 36 heavy (non-hydrogen) atoms. The Hall–Kier alpha value is -3.50. The van der Waals surface area contributed by atoms with Gasteiger partial charge in [-0.3, -0.25) is 14.7 Å². The van der Waals surface area contributed by atoms with Crippen LogP contribution in [0.25, 0.3) is 5.69 Å². The molecule has 0 saturated heterocycles. The Kier molecular flexibility index (Phi) is 6.63. The van der Waals surface area contributed by atoms with Crippen molar-refractivity contribution in [3.05, 3.63) is 114 Å². The molecule has 0 spiro atoms. The molecule has 0 bridgehead atoms. The fourth-order valence-electron chi connectivity index (χ4n) is 4.13. The SMILES string of the molecule is O=c1cnn(-c2cc(Cl)c(Oc3ccc4c(c3)CCN(Cc3ccccc3F)C4O)c(Cl)c2)c(=O)[nH]1. The normalized spacial score (nSPS) is 15.5. The Labute approximate surface area is 214 Å². The molecule has 2 N–H and O–H groups in total. The highest BCUT2D eigenvalue weighted by Gasteiger charge is 2.27. The molecule has 0 aliphatic carbocycles. The van der Waals surface area contributed by atoms with Crippen LogP contribution in [0.4, 0.5) is 4.39 Å². The van der Waals surface area contributed by atoms with Gasteiger partial charge in [0.1, 0.15) is 24.0 Å². The monoisotopic (exact) mass is 528 g/mol. The number of fused-ring (bicyclic) bond motifs is 1. The van der Waals surface area contributed by atoms with Crippen LogP contribution in [-0.2, 0) is 13.0 Å². The lowest BCUT2D eigenvalue weighted by Gasteiger charge is -2.34. The lowest BCUT2D eigenvalue weighted by Crippen LogP contribution is -2.35. The molecular weight excluding hydrogens is 510 g/mol. The summed E-state index contributed by atoms with van der Waals surface area (Å²) in [6, 6.07) is 14.6. The van der Waals surface area contributed by atoms with Gasteiger partial charge in [-0.1, -0.05) is 47.5 Å². The molecule has 11 heteroatoms. The Balaban J connectivity index is 1.37. The number of aromatic nitrogens is 3. The number of rotatable bonds is 5. The summed E-state index contributed by atoms with van der Waals surface area (Å²) in [5.74, 6) is 0.330. The van der Waals surface area contributed by atoms with E-state index >= 15 is 0 Å². The zero-order valence-corrected chi connectivity index (χ0v) is 20.1.